The van der Waals surface area contributed by atoms with Gasteiger partial charge < -0.3 is 10.2 Å². The standard InChI is InChI=1S/C20H22N2O2/c1-14-8-9-15(2)18(11-14)20(24)21-13-16-5-3-6-17(12-16)22-10-4-7-19(22)23/h3,5-6,8-9,11-12H,4,7,10,13H2,1-2H3,(H,21,24). The van der Waals surface area contributed by atoms with Crippen molar-refractivity contribution in [3.8, 4) is 0 Å². The summed E-state index contributed by atoms with van der Waals surface area (Å²) in [5, 5.41) is 2.97. The zero-order valence-corrected chi connectivity index (χ0v) is 14.1. The Morgan fingerprint density at radius 1 is 1.17 bits per heavy atom. The number of hydrogen-bond acceptors (Lipinski definition) is 2. The minimum Gasteiger partial charge on any atom is -0.348 e. The van der Waals surface area contributed by atoms with Crippen LogP contribution in [0.25, 0.3) is 0 Å². The molecular formula is C20H22N2O2. The van der Waals surface area contributed by atoms with Crippen LogP contribution in [0.4, 0.5) is 5.69 Å². The summed E-state index contributed by atoms with van der Waals surface area (Å²) < 4.78 is 0. The van der Waals surface area contributed by atoms with Gasteiger partial charge in [0.25, 0.3) is 5.91 Å². The summed E-state index contributed by atoms with van der Waals surface area (Å²) in [5.41, 5.74) is 4.65. The maximum absolute atomic E-state index is 12.4. The quantitative estimate of drug-likeness (QED) is 0.938. The van der Waals surface area contributed by atoms with Crippen LogP contribution in [0.15, 0.2) is 42.5 Å². The fraction of sp³-hybridized carbons (Fsp3) is 0.300. The second-order valence-electron chi connectivity index (χ2n) is 6.32. The highest BCUT2D eigenvalue weighted by molar-refractivity contribution is 5.96. The van der Waals surface area contributed by atoms with Crippen molar-refractivity contribution >= 4 is 17.5 Å². The van der Waals surface area contributed by atoms with E-state index in [4.69, 9.17) is 0 Å². The van der Waals surface area contributed by atoms with E-state index in [0.717, 1.165) is 35.3 Å². The molecule has 1 heterocycles. The lowest BCUT2D eigenvalue weighted by molar-refractivity contribution is -0.117. The molecule has 0 bridgehead atoms. The number of rotatable bonds is 4. The summed E-state index contributed by atoms with van der Waals surface area (Å²) in [6, 6.07) is 13.7. The first-order chi connectivity index (χ1) is 11.5. The van der Waals surface area contributed by atoms with E-state index in [0.29, 0.717) is 18.5 Å². The number of carbonyl (C=O) groups is 2. The van der Waals surface area contributed by atoms with Gasteiger partial charge in [-0.2, -0.15) is 0 Å². The van der Waals surface area contributed by atoms with Gasteiger partial charge in [-0.15, -0.1) is 0 Å². The van der Waals surface area contributed by atoms with Gasteiger partial charge in [0.05, 0.1) is 0 Å². The number of carbonyl (C=O) groups excluding carboxylic acids is 2. The first-order valence-corrected chi connectivity index (χ1v) is 8.29. The third kappa shape index (κ3) is 3.48. The molecule has 0 spiro atoms. The average molecular weight is 322 g/mol. The Morgan fingerprint density at radius 3 is 2.75 bits per heavy atom. The van der Waals surface area contributed by atoms with Crippen LogP contribution < -0.4 is 10.2 Å². The maximum atomic E-state index is 12.4. The summed E-state index contributed by atoms with van der Waals surface area (Å²) in [6.45, 7) is 5.14. The number of nitrogens with zero attached hydrogens (tertiary/aromatic N) is 1. The molecule has 2 aromatic rings. The Morgan fingerprint density at radius 2 is 2.00 bits per heavy atom. The molecule has 1 fully saturated rings. The smallest absolute Gasteiger partial charge is 0.251 e. The predicted octanol–water partition coefficient (Wildman–Crippen LogP) is 3.36. The highest BCUT2D eigenvalue weighted by Gasteiger charge is 2.21. The van der Waals surface area contributed by atoms with Crippen molar-refractivity contribution in [2.45, 2.75) is 33.2 Å². The number of anilines is 1. The molecule has 4 heteroatoms. The third-order valence-electron chi connectivity index (χ3n) is 4.39. The van der Waals surface area contributed by atoms with E-state index in [1.54, 1.807) is 0 Å². The lowest BCUT2D eigenvalue weighted by atomic mass is 10.0. The normalized spacial score (nSPS) is 14.1. The summed E-state index contributed by atoms with van der Waals surface area (Å²) in [4.78, 5) is 26.1. The van der Waals surface area contributed by atoms with Gasteiger partial charge in [0, 0.05) is 30.8 Å². The van der Waals surface area contributed by atoms with E-state index in [-0.39, 0.29) is 11.8 Å². The van der Waals surface area contributed by atoms with Crippen LogP contribution in [0.1, 0.15) is 39.9 Å². The lowest BCUT2D eigenvalue weighted by Gasteiger charge is -2.17. The Labute approximate surface area is 142 Å². The highest BCUT2D eigenvalue weighted by Crippen LogP contribution is 2.22. The molecule has 0 radical (unpaired) electrons. The van der Waals surface area contributed by atoms with E-state index in [9.17, 15) is 9.59 Å². The van der Waals surface area contributed by atoms with Crippen LogP contribution in [0.2, 0.25) is 0 Å². The van der Waals surface area contributed by atoms with Gasteiger partial charge in [-0.05, 0) is 49.6 Å². The minimum atomic E-state index is -0.0705. The van der Waals surface area contributed by atoms with Crippen molar-refractivity contribution in [3.63, 3.8) is 0 Å². The van der Waals surface area contributed by atoms with Gasteiger partial charge in [0.2, 0.25) is 5.91 Å². The molecule has 4 nitrogen and oxygen atoms in total. The second-order valence-corrected chi connectivity index (χ2v) is 6.32. The molecule has 1 aliphatic heterocycles. The van der Waals surface area contributed by atoms with Crippen LogP contribution in [0, 0.1) is 13.8 Å². The van der Waals surface area contributed by atoms with Crippen molar-refractivity contribution < 1.29 is 9.59 Å². The Kier molecular flexibility index (Phi) is 4.65. The Bertz CT molecular complexity index is 783. The second kappa shape index (κ2) is 6.87. The van der Waals surface area contributed by atoms with Gasteiger partial charge in [-0.3, -0.25) is 9.59 Å². The van der Waals surface area contributed by atoms with Gasteiger partial charge in [0.15, 0.2) is 0 Å². The van der Waals surface area contributed by atoms with Gasteiger partial charge in [-0.25, -0.2) is 0 Å². The summed E-state index contributed by atoms with van der Waals surface area (Å²) in [6.07, 6.45) is 1.53. The molecule has 0 unspecified atom stereocenters. The summed E-state index contributed by atoms with van der Waals surface area (Å²) in [5.74, 6) is 0.102. The van der Waals surface area contributed by atoms with Crippen molar-refractivity contribution in [3.05, 3.63) is 64.7 Å². The van der Waals surface area contributed by atoms with Crippen LogP contribution >= 0.6 is 0 Å². The van der Waals surface area contributed by atoms with Crippen molar-refractivity contribution in [1.82, 2.24) is 5.32 Å². The largest absolute Gasteiger partial charge is 0.348 e. The van der Waals surface area contributed by atoms with Crippen LogP contribution in [-0.4, -0.2) is 18.4 Å². The molecule has 2 amide bonds. The molecule has 0 aromatic heterocycles. The predicted molar refractivity (Wildman–Crippen MR) is 95.1 cm³/mol. The topological polar surface area (TPSA) is 49.4 Å². The molecule has 2 aromatic carbocycles. The monoisotopic (exact) mass is 322 g/mol. The molecule has 1 aliphatic rings. The molecule has 0 saturated carbocycles. The number of aryl methyl sites for hydroxylation is 2. The molecule has 0 aliphatic carbocycles. The van der Waals surface area contributed by atoms with E-state index in [1.165, 1.54) is 0 Å². The number of benzene rings is 2. The van der Waals surface area contributed by atoms with Crippen LogP contribution in [-0.2, 0) is 11.3 Å². The fourth-order valence-electron chi connectivity index (χ4n) is 3.01. The molecule has 0 atom stereocenters. The first kappa shape index (κ1) is 16.2. The van der Waals surface area contributed by atoms with Gasteiger partial charge in [-0.1, -0.05) is 29.8 Å². The lowest BCUT2D eigenvalue weighted by Crippen LogP contribution is -2.25. The van der Waals surface area contributed by atoms with Crippen LogP contribution in [0.3, 0.4) is 0 Å². The van der Waals surface area contributed by atoms with E-state index in [2.05, 4.69) is 5.32 Å². The molecule has 24 heavy (non-hydrogen) atoms. The minimum absolute atomic E-state index is 0.0705. The Balaban J connectivity index is 1.69. The highest BCUT2D eigenvalue weighted by atomic mass is 16.2. The number of nitrogens with one attached hydrogen (secondary N) is 1. The van der Waals surface area contributed by atoms with E-state index >= 15 is 0 Å². The molecule has 1 saturated heterocycles. The van der Waals surface area contributed by atoms with Gasteiger partial charge >= 0.3 is 0 Å². The molecule has 124 valence electrons. The van der Waals surface area contributed by atoms with Gasteiger partial charge in [0.1, 0.15) is 0 Å². The zero-order chi connectivity index (χ0) is 17.1. The van der Waals surface area contributed by atoms with Crippen molar-refractivity contribution in [2.24, 2.45) is 0 Å². The summed E-state index contributed by atoms with van der Waals surface area (Å²) in [7, 11) is 0. The summed E-state index contributed by atoms with van der Waals surface area (Å²) >= 11 is 0. The first-order valence-electron chi connectivity index (χ1n) is 8.29. The molecule has 1 N–H and O–H groups in total. The average Bonchev–Trinajstić information content (AvgIpc) is 3.01. The maximum Gasteiger partial charge on any atom is 0.251 e. The number of hydrogen-bond donors (Lipinski definition) is 1. The molecular weight excluding hydrogens is 300 g/mol. The van der Waals surface area contributed by atoms with Crippen molar-refractivity contribution in [2.75, 3.05) is 11.4 Å². The fourth-order valence-corrected chi connectivity index (χ4v) is 3.01. The van der Waals surface area contributed by atoms with Crippen LogP contribution in [0.5, 0.6) is 0 Å². The Hall–Kier alpha value is -2.62. The van der Waals surface area contributed by atoms with Crippen molar-refractivity contribution in [1.29, 1.82) is 0 Å². The number of amides is 2. The molecule has 3 rings (SSSR count). The van der Waals surface area contributed by atoms with E-state index < -0.39 is 0 Å². The SMILES string of the molecule is Cc1ccc(C)c(C(=O)NCc2cccc(N3CCCC3=O)c2)c1. The third-order valence-corrected chi connectivity index (χ3v) is 4.39. The zero-order valence-electron chi connectivity index (χ0n) is 14.1. The van der Waals surface area contributed by atoms with E-state index in [1.807, 2.05) is 61.2 Å².